The highest BCUT2D eigenvalue weighted by Gasteiger charge is 2.36. The highest BCUT2D eigenvalue weighted by Crippen LogP contribution is 2.34. The van der Waals surface area contributed by atoms with Crippen LogP contribution in [0.1, 0.15) is 52.9 Å². The van der Waals surface area contributed by atoms with E-state index in [2.05, 4.69) is 0 Å². The normalized spacial score (nSPS) is 13.9. The van der Waals surface area contributed by atoms with Crippen LogP contribution in [-0.2, 0) is 0 Å². The molecule has 0 radical (unpaired) electrons. The molecule has 0 atom stereocenters. The first-order chi connectivity index (χ1) is 8.64. The van der Waals surface area contributed by atoms with Crippen molar-refractivity contribution in [3.05, 3.63) is 0 Å². The lowest BCUT2D eigenvalue weighted by Crippen LogP contribution is -2.41. The maximum Gasteiger partial charge on any atom is 0.164 e. The Bertz CT molecular complexity index is 228. The summed E-state index contributed by atoms with van der Waals surface area (Å²) in [7, 11) is 0. The molecular weight excluding hydrogens is 248 g/mol. The Balaban J connectivity index is 4.00. The number of hydrogen-bond donors (Lipinski definition) is 5. The average molecular weight is 278 g/mol. The van der Waals surface area contributed by atoms with Crippen LogP contribution in [0.2, 0.25) is 0 Å². The van der Waals surface area contributed by atoms with Crippen molar-refractivity contribution in [2.24, 2.45) is 10.8 Å². The summed E-state index contributed by atoms with van der Waals surface area (Å²) in [6, 6.07) is 0. The lowest BCUT2D eigenvalue weighted by molar-refractivity contribution is -0.221. The van der Waals surface area contributed by atoms with Crippen LogP contribution in [0.15, 0.2) is 0 Å². The summed E-state index contributed by atoms with van der Waals surface area (Å²) in [5.41, 5.74) is -1.37. The predicted octanol–water partition coefficient (Wildman–Crippen LogP) is 0.627. The zero-order chi connectivity index (χ0) is 15.2. The minimum Gasteiger partial charge on any atom is -0.396 e. The second kappa shape index (κ2) is 7.55. The van der Waals surface area contributed by atoms with Gasteiger partial charge in [-0.25, -0.2) is 0 Å². The number of rotatable bonds is 10. The molecule has 0 rings (SSSR count). The third-order valence-corrected chi connectivity index (χ3v) is 4.30. The monoisotopic (exact) mass is 278 g/mol. The van der Waals surface area contributed by atoms with E-state index in [0.29, 0.717) is 12.8 Å². The van der Waals surface area contributed by atoms with Gasteiger partial charge in [-0.05, 0) is 19.8 Å². The van der Waals surface area contributed by atoms with Crippen LogP contribution in [0.4, 0.5) is 0 Å². The molecule has 0 aliphatic carbocycles. The van der Waals surface area contributed by atoms with Crippen LogP contribution in [0.5, 0.6) is 0 Å². The van der Waals surface area contributed by atoms with Gasteiger partial charge in [0.2, 0.25) is 0 Å². The van der Waals surface area contributed by atoms with E-state index in [0.717, 1.165) is 19.3 Å². The number of aliphatic hydroxyl groups is 5. The molecule has 0 fully saturated rings. The first kappa shape index (κ1) is 18.8. The quantitative estimate of drug-likeness (QED) is 0.298. The fourth-order valence-corrected chi connectivity index (χ4v) is 1.87. The topological polar surface area (TPSA) is 101 Å². The van der Waals surface area contributed by atoms with E-state index < -0.39 is 16.6 Å². The highest BCUT2D eigenvalue weighted by atomic mass is 16.5. The van der Waals surface area contributed by atoms with Crippen LogP contribution < -0.4 is 0 Å². The van der Waals surface area contributed by atoms with Gasteiger partial charge in [-0.15, -0.1) is 0 Å². The van der Waals surface area contributed by atoms with E-state index in [4.69, 9.17) is 0 Å². The zero-order valence-electron chi connectivity index (χ0n) is 12.4. The first-order valence-electron chi connectivity index (χ1n) is 6.91. The highest BCUT2D eigenvalue weighted by molar-refractivity contribution is 4.81. The van der Waals surface area contributed by atoms with E-state index in [9.17, 15) is 25.5 Å². The van der Waals surface area contributed by atoms with Crippen molar-refractivity contribution in [1.82, 2.24) is 0 Å². The van der Waals surface area contributed by atoms with Crippen molar-refractivity contribution < 1.29 is 25.5 Å². The fraction of sp³-hybridized carbons (Fsp3) is 1.00. The molecular formula is C14H30O5. The van der Waals surface area contributed by atoms with Gasteiger partial charge >= 0.3 is 0 Å². The summed E-state index contributed by atoms with van der Waals surface area (Å²) in [4.78, 5) is 0. The van der Waals surface area contributed by atoms with Gasteiger partial charge in [0.05, 0.1) is 19.8 Å². The largest absolute Gasteiger partial charge is 0.396 e. The molecule has 0 aromatic heterocycles. The summed E-state index contributed by atoms with van der Waals surface area (Å²) in [5, 5.41) is 46.8. The zero-order valence-corrected chi connectivity index (χ0v) is 12.4. The van der Waals surface area contributed by atoms with Gasteiger partial charge in [-0.2, -0.15) is 0 Å². The molecule has 0 bridgehead atoms. The Labute approximate surface area is 115 Å². The van der Waals surface area contributed by atoms with Gasteiger partial charge in [-0.1, -0.05) is 33.1 Å². The van der Waals surface area contributed by atoms with E-state index in [-0.39, 0.29) is 19.8 Å². The number of unbranched alkanes of at least 4 members (excludes halogenated alkanes) is 2. The van der Waals surface area contributed by atoms with Crippen LogP contribution in [0.25, 0.3) is 0 Å². The molecule has 116 valence electrons. The third-order valence-electron chi connectivity index (χ3n) is 4.30. The van der Waals surface area contributed by atoms with Crippen molar-refractivity contribution in [3.8, 4) is 0 Å². The fourth-order valence-electron chi connectivity index (χ4n) is 1.87. The van der Waals surface area contributed by atoms with Gasteiger partial charge in [0.25, 0.3) is 0 Å². The predicted molar refractivity (Wildman–Crippen MR) is 73.4 cm³/mol. The average Bonchev–Trinajstić information content (AvgIpc) is 2.33. The number of hydrogen-bond acceptors (Lipinski definition) is 5. The van der Waals surface area contributed by atoms with Crippen LogP contribution >= 0.6 is 0 Å². The Morgan fingerprint density at radius 1 is 0.684 bits per heavy atom. The van der Waals surface area contributed by atoms with Crippen LogP contribution in [-0.4, -0.2) is 51.1 Å². The van der Waals surface area contributed by atoms with Crippen molar-refractivity contribution in [1.29, 1.82) is 0 Å². The Morgan fingerprint density at radius 2 is 1.11 bits per heavy atom. The van der Waals surface area contributed by atoms with Crippen molar-refractivity contribution >= 4 is 0 Å². The molecule has 0 aromatic carbocycles. The molecule has 0 amide bonds. The minimum absolute atomic E-state index is 0.225. The molecule has 0 aromatic rings. The Morgan fingerprint density at radius 3 is 1.47 bits per heavy atom. The lowest BCUT2D eigenvalue weighted by atomic mass is 9.79. The minimum atomic E-state index is -1.70. The SMILES string of the molecule is CC(O)(O)C(C)(C)CCCCCC(CO)(CO)CO. The molecule has 19 heavy (non-hydrogen) atoms. The summed E-state index contributed by atoms with van der Waals surface area (Å²) >= 11 is 0. The summed E-state index contributed by atoms with van der Waals surface area (Å²) in [6.07, 6.45) is 3.72. The first-order valence-corrected chi connectivity index (χ1v) is 6.91. The van der Waals surface area contributed by atoms with Crippen molar-refractivity contribution in [2.45, 2.75) is 58.7 Å². The summed E-state index contributed by atoms with van der Waals surface area (Å²) in [6.45, 7) is 4.34. The molecule has 0 aliphatic rings. The molecule has 5 heteroatoms. The summed E-state index contributed by atoms with van der Waals surface area (Å²) in [5.74, 6) is -1.70. The molecule has 0 aliphatic heterocycles. The van der Waals surface area contributed by atoms with Crippen LogP contribution in [0.3, 0.4) is 0 Å². The maximum atomic E-state index is 9.60. The Kier molecular flexibility index (Phi) is 7.47. The van der Waals surface area contributed by atoms with Crippen molar-refractivity contribution in [3.63, 3.8) is 0 Å². The molecule has 5 N–H and O–H groups in total. The molecule has 0 heterocycles. The molecule has 0 saturated heterocycles. The van der Waals surface area contributed by atoms with Crippen molar-refractivity contribution in [2.75, 3.05) is 19.8 Å². The van der Waals surface area contributed by atoms with E-state index in [1.807, 2.05) is 13.8 Å². The van der Waals surface area contributed by atoms with Gasteiger partial charge < -0.3 is 25.5 Å². The molecule has 5 nitrogen and oxygen atoms in total. The lowest BCUT2D eigenvalue weighted by Gasteiger charge is -2.35. The smallest absolute Gasteiger partial charge is 0.164 e. The standard InChI is InChI=1S/C14H30O5/c1-12(2,13(3,18)19)7-5-4-6-8-14(9-15,10-16)11-17/h15-19H,4-11H2,1-3H3. The second-order valence-corrected chi connectivity index (χ2v) is 6.44. The molecule has 0 saturated carbocycles. The Hall–Kier alpha value is -0.200. The summed E-state index contributed by atoms with van der Waals surface area (Å²) < 4.78 is 0. The van der Waals surface area contributed by atoms with Crippen LogP contribution in [0, 0.1) is 10.8 Å². The second-order valence-electron chi connectivity index (χ2n) is 6.44. The molecule has 0 unspecified atom stereocenters. The van der Waals surface area contributed by atoms with Gasteiger partial charge in [0, 0.05) is 10.8 Å². The van der Waals surface area contributed by atoms with Gasteiger partial charge in [-0.3, -0.25) is 0 Å². The number of aliphatic hydroxyl groups excluding tert-OH is 3. The van der Waals surface area contributed by atoms with Gasteiger partial charge in [0.15, 0.2) is 5.79 Å². The van der Waals surface area contributed by atoms with E-state index >= 15 is 0 Å². The van der Waals surface area contributed by atoms with E-state index in [1.165, 1.54) is 6.92 Å². The maximum absolute atomic E-state index is 9.60. The third kappa shape index (κ3) is 5.75. The molecule has 0 spiro atoms. The van der Waals surface area contributed by atoms with E-state index in [1.54, 1.807) is 0 Å². The van der Waals surface area contributed by atoms with Gasteiger partial charge in [0.1, 0.15) is 0 Å².